The van der Waals surface area contributed by atoms with Crippen LogP contribution >= 0.6 is 23.4 Å². The van der Waals surface area contributed by atoms with Gasteiger partial charge in [0.05, 0.1) is 22.5 Å². The molecule has 2 atom stereocenters. The van der Waals surface area contributed by atoms with E-state index in [1.54, 1.807) is 41.4 Å². The number of aliphatic imine (C=N–C) groups is 1. The first kappa shape index (κ1) is 23.3. The van der Waals surface area contributed by atoms with Gasteiger partial charge in [0.25, 0.3) is 5.91 Å². The fraction of sp³-hybridized carbons (Fsp3) is 0.154. The molecule has 0 saturated carbocycles. The summed E-state index contributed by atoms with van der Waals surface area (Å²) in [5, 5.41) is 9.42. The van der Waals surface area contributed by atoms with Crippen molar-refractivity contribution in [2.24, 2.45) is 10.1 Å². The lowest BCUT2D eigenvalue weighted by Gasteiger charge is -2.23. The molecule has 5 rings (SSSR count). The van der Waals surface area contributed by atoms with E-state index in [9.17, 15) is 14.0 Å². The molecule has 2 heterocycles. The van der Waals surface area contributed by atoms with Crippen molar-refractivity contribution in [1.29, 1.82) is 0 Å². The number of para-hydroxylation sites is 1. The number of nitrogens with zero attached hydrogens (tertiary/aromatic N) is 3. The van der Waals surface area contributed by atoms with E-state index in [2.05, 4.69) is 10.3 Å². The van der Waals surface area contributed by atoms with Crippen molar-refractivity contribution in [3.63, 3.8) is 0 Å². The Balaban J connectivity index is 1.35. The van der Waals surface area contributed by atoms with Crippen LogP contribution in [0.2, 0.25) is 5.02 Å². The third-order valence-electron chi connectivity index (χ3n) is 5.72. The SMILES string of the molecule is O=C(C[C@H]1SC(N2N=C(c3ccccc3)C[C@H]2c2ccc(F)cc2)=NC1=O)Nc1ccccc1Cl. The number of anilines is 1. The van der Waals surface area contributed by atoms with E-state index in [0.717, 1.165) is 16.8 Å². The number of hydrazone groups is 1. The lowest BCUT2D eigenvalue weighted by Crippen LogP contribution is -2.25. The molecule has 35 heavy (non-hydrogen) atoms. The molecule has 0 aliphatic carbocycles. The molecule has 0 radical (unpaired) electrons. The number of amides is 2. The molecular formula is C26H20ClFN4O2S. The van der Waals surface area contributed by atoms with Gasteiger partial charge >= 0.3 is 0 Å². The number of carbonyl (C=O) groups is 2. The predicted molar refractivity (Wildman–Crippen MR) is 137 cm³/mol. The van der Waals surface area contributed by atoms with Gasteiger partial charge in [0.2, 0.25) is 5.91 Å². The number of halogens is 2. The summed E-state index contributed by atoms with van der Waals surface area (Å²) in [6.45, 7) is 0. The van der Waals surface area contributed by atoms with Gasteiger partial charge in [-0.25, -0.2) is 9.40 Å². The Morgan fingerprint density at radius 3 is 2.51 bits per heavy atom. The average molecular weight is 507 g/mol. The summed E-state index contributed by atoms with van der Waals surface area (Å²) >= 11 is 7.33. The second-order valence-electron chi connectivity index (χ2n) is 8.10. The molecule has 0 fully saturated rings. The molecule has 2 amide bonds. The highest BCUT2D eigenvalue weighted by atomic mass is 35.5. The van der Waals surface area contributed by atoms with E-state index >= 15 is 0 Å². The first-order chi connectivity index (χ1) is 17.0. The molecule has 0 aromatic heterocycles. The van der Waals surface area contributed by atoms with Gasteiger partial charge < -0.3 is 5.32 Å². The van der Waals surface area contributed by atoms with E-state index in [1.807, 2.05) is 30.3 Å². The average Bonchev–Trinajstić information content (AvgIpc) is 3.46. The summed E-state index contributed by atoms with van der Waals surface area (Å²) < 4.78 is 13.6. The van der Waals surface area contributed by atoms with Crippen molar-refractivity contribution >= 4 is 51.7 Å². The van der Waals surface area contributed by atoms with Crippen molar-refractivity contribution in [3.05, 3.63) is 101 Å². The molecule has 0 unspecified atom stereocenters. The maximum Gasteiger partial charge on any atom is 0.262 e. The molecule has 2 aliphatic heterocycles. The Hall–Kier alpha value is -3.49. The smallest absolute Gasteiger partial charge is 0.262 e. The van der Waals surface area contributed by atoms with Crippen LogP contribution in [0.25, 0.3) is 0 Å². The summed E-state index contributed by atoms with van der Waals surface area (Å²) in [4.78, 5) is 29.5. The molecule has 0 spiro atoms. The lowest BCUT2D eigenvalue weighted by molar-refractivity contribution is -0.121. The topological polar surface area (TPSA) is 74.1 Å². The van der Waals surface area contributed by atoms with Crippen LogP contribution in [0, 0.1) is 5.82 Å². The van der Waals surface area contributed by atoms with Crippen molar-refractivity contribution in [2.45, 2.75) is 24.1 Å². The number of benzene rings is 3. The molecule has 0 saturated heterocycles. The van der Waals surface area contributed by atoms with Crippen molar-refractivity contribution in [2.75, 3.05) is 5.32 Å². The maximum absolute atomic E-state index is 13.6. The van der Waals surface area contributed by atoms with Gasteiger partial charge in [-0.15, -0.1) is 0 Å². The Labute approximate surface area is 210 Å². The number of hydrogen-bond donors (Lipinski definition) is 1. The second kappa shape index (κ2) is 10.0. The van der Waals surface area contributed by atoms with Crippen molar-refractivity contribution in [1.82, 2.24) is 5.01 Å². The molecule has 6 nitrogen and oxygen atoms in total. The molecular weight excluding hydrogens is 487 g/mol. The van der Waals surface area contributed by atoms with Gasteiger partial charge in [-0.1, -0.05) is 78.0 Å². The van der Waals surface area contributed by atoms with Crippen LogP contribution in [0.3, 0.4) is 0 Å². The van der Waals surface area contributed by atoms with Crippen LogP contribution in [0.15, 0.2) is 89.0 Å². The summed E-state index contributed by atoms with van der Waals surface area (Å²) in [5.41, 5.74) is 3.16. The first-order valence-corrected chi connectivity index (χ1v) is 12.2. The van der Waals surface area contributed by atoms with E-state index in [1.165, 1.54) is 23.9 Å². The molecule has 1 N–H and O–H groups in total. The van der Waals surface area contributed by atoms with Crippen LogP contribution in [0.1, 0.15) is 30.0 Å². The summed E-state index contributed by atoms with van der Waals surface area (Å²) in [6, 6.07) is 22.7. The van der Waals surface area contributed by atoms with Gasteiger partial charge in [-0.2, -0.15) is 10.1 Å². The van der Waals surface area contributed by atoms with Gasteiger partial charge in [0.1, 0.15) is 11.1 Å². The Morgan fingerprint density at radius 2 is 1.77 bits per heavy atom. The quantitative estimate of drug-likeness (QED) is 0.484. The largest absolute Gasteiger partial charge is 0.325 e. The zero-order valence-electron chi connectivity index (χ0n) is 18.4. The van der Waals surface area contributed by atoms with Gasteiger partial charge in [0.15, 0.2) is 5.17 Å². The molecule has 0 bridgehead atoms. The van der Waals surface area contributed by atoms with E-state index in [4.69, 9.17) is 16.7 Å². The van der Waals surface area contributed by atoms with Crippen LogP contribution < -0.4 is 5.32 Å². The number of amidine groups is 1. The summed E-state index contributed by atoms with van der Waals surface area (Å²) in [7, 11) is 0. The third kappa shape index (κ3) is 5.13. The summed E-state index contributed by atoms with van der Waals surface area (Å²) in [5.74, 6) is -1.04. The number of carbonyl (C=O) groups excluding carboxylic acids is 2. The molecule has 3 aromatic carbocycles. The van der Waals surface area contributed by atoms with Crippen molar-refractivity contribution in [3.8, 4) is 0 Å². The third-order valence-corrected chi connectivity index (χ3v) is 7.19. The number of thioether (sulfide) groups is 1. The van der Waals surface area contributed by atoms with Crippen LogP contribution in [0.5, 0.6) is 0 Å². The Morgan fingerprint density at radius 1 is 1.06 bits per heavy atom. The van der Waals surface area contributed by atoms with Gasteiger partial charge in [-0.05, 0) is 35.4 Å². The highest BCUT2D eigenvalue weighted by Crippen LogP contribution is 2.38. The fourth-order valence-corrected chi connectivity index (χ4v) is 5.22. The lowest BCUT2D eigenvalue weighted by atomic mass is 9.99. The summed E-state index contributed by atoms with van der Waals surface area (Å²) in [6.07, 6.45) is 0.521. The predicted octanol–water partition coefficient (Wildman–Crippen LogP) is 5.66. The van der Waals surface area contributed by atoms with Gasteiger partial charge in [-0.3, -0.25) is 9.59 Å². The minimum Gasteiger partial charge on any atom is -0.325 e. The van der Waals surface area contributed by atoms with Crippen LogP contribution in [-0.4, -0.2) is 33.0 Å². The van der Waals surface area contributed by atoms with E-state index in [-0.39, 0.29) is 30.1 Å². The molecule has 2 aliphatic rings. The van der Waals surface area contributed by atoms with Gasteiger partial charge in [0, 0.05) is 12.8 Å². The molecule has 9 heteroatoms. The zero-order chi connectivity index (χ0) is 24.4. The maximum atomic E-state index is 13.6. The Kier molecular flexibility index (Phi) is 6.66. The fourth-order valence-electron chi connectivity index (χ4n) is 3.97. The highest BCUT2D eigenvalue weighted by Gasteiger charge is 2.39. The number of nitrogens with one attached hydrogen (secondary N) is 1. The first-order valence-electron chi connectivity index (χ1n) is 11.0. The minimum absolute atomic E-state index is 0.0496. The molecule has 176 valence electrons. The van der Waals surface area contributed by atoms with Crippen molar-refractivity contribution < 1.29 is 14.0 Å². The number of rotatable bonds is 5. The van der Waals surface area contributed by atoms with Crippen LogP contribution in [0.4, 0.5) is 10.1 Å². The monoisotopic (exact) mass is 506 g/mol. The second-order valence-corrected chi connectivity index (χ2v) is 9.68. The normalized spacial score (nSPS) is 19.5. The Bertz CT molecular complexity index is 1330. The van der Waals surface area contributed by atoms with Crippen LogP contribution in [-0.2, 0) is 9.59 Å². The highest BCUT2D eigenvalue weighted by molar-refractivity contribution is 8.15. The number of hydrogen-bond acceptors (Lipinski definition) is 5. The minimum atomic E-state index is -0.669. The van der Waals surface area contributed by atoms with E-state index in [0.29, 0.717) is 22.3 Å². The zero-order valence-corrected chi connectivity index (χ0v) is 20.0. The standard InChI is InChI=1S/C26H20ClFN4O2S/c27-19-8-4-5-9-20(19)29-24(33)15-23-25(34)30-26(35-23)32-22(17-10-12-18(28)13-11-17)14-21(31-32)16-6-2-1-3-7-16/h1-13,22-23H,14-15H2,(H,29,33)/t22-,23+/m0/s1. The molecule has 3 aromatic rings. The van der Waals surface area contributed by atoms with E-state index < -0.39 is 5.25 Å².